The summed E-state index contributed by atoms with van der Waals surface area (Å²) in [6.07, 6.45) is 5.08. The van der Waals surface area contributed by atoms with E-state index in [-0.39, 0.29) is 5.70 Å². The topological polar surface area (TPSA) is 123 Å². The number of β-lactam (4-membered cyclic amide) rings is 1. The van der Waals surface area contributed by atoms with E-state index in [1.165, 1.54) is 46.4 Å². The van der Waals surface area contributed by atoms with Gasteiger partial charge in [0, 0.05) is 36.4 Å². The van der Waals surface area contributed by atoms with Gasteiger partial charge in [0.15, 0.2) is 0 Å². The van der Waals surface area contributed by atoms with Crippen molar-refractivity contribution >= 4 is 63.6 Å². The van der Waals surface area contributed by atoms with Crippen molar-refractivity contribution in [3.8, 4) is 0 Å². The molecular formula is C20H19BrN6O4S2. The van der Waals surface area contributed by atoms with Crippen LogP contribution in [0.2, 0.25) is 0 Å². The molecule has 1 aromatic heterocycles. The van der Waals surface area contributed by atoms with Gasteiger partial charge in [0.25, 0.3) is 11.6 Å². The van der Waals surface area contributed by atoms with Crippen LogP contribution in [0.4, 0.5) is 0 Å². The van der Waals surface area contributed by atoms with Crippen molar-refractivity contribution in [3.05, 3.63) is 51.6 Å². The van der Waals surface area contributed by atoms with Crippen LogP contribution in [-0.4, -0.2) is 78.0 Å². The maximum Gasteiger partial charge on any atom is 0.352 e. The zero-order chi connectivity index (χ0) is 23.6. The van der Waals surface area contributed by atoms with Crippen LogP contribution in [-0.2, 0) is 21.4 Å². The first-order chi connectivity index (χ1) is 15.9. The van der Waals surface area contributed by atoms with E-state index in [4.69, 9.17) is 4.74 Å². The fourth-order valence-electron chi connectivity index (χ4n) is 3.45. The molecule has 3 heterocycles. The summed E-state index contributed by atoms with van der Waals surface area (Å²) in [7, 11) is 3.11. The van der Waals surface area contributed by atoms with Crippen molar-refractivity contribution in [1.82, 2.24) is 25.1 Å². The highest BCUT2D eigenvalue weighted by Gasteiger charge is 2.65. The van der Waals surface area contributed by atoms with Gasteiger partial charge in [-0.3, -0.25) is 9.69 Å². The third kappa shape index (κ3) is 4.37. The second kappa shape index (κ2) is 9.79. The zero-order valence-corrected chi connectivity index (χ0v) is 20.8. The predicted molar refractivity (Wildman–Crippen MR) is 129 cm³/mol. The van der Waals surface area contributed by atoms with Gasteiger partial charge in [0.05, 0.1) is 0 Å². The highest BCUT2D eigenvalue weighted by molar-refractivity contribution is 9.10. The minimum absolute atomic E-state index is 0.0296. The molecular weight excluding hydrogens is 532 g/mol. The number of hydrogen-bond acceptors (Lipinski definition) is 9. The SMILES string of the molecule is CO[C@@]1(N=CC=Cc2ccccc2Br)C(=O)N2C(C(=O)O)=C(CSc3nnnn3C)CS[C@H]21. The van der Waals surface area contributed by atoms with Crippen LogP contribution in [0, 0.1) is 0 Å². The van der Waals surface area contributed by atoms with Gasteiger partial charge in [-0.1, -0.05) is 52.0 Å². The molecule has 1 amide bonds. The number of fused-ring (bicyclic) bond motifs is 1. The van der Waals surface area contributed by atoms with Gasteiger partial charge in [-0.15, -0.1) is 16.9 Å². The molecule has 0 saturated carbocycles. The Morgan fingerprint density at radius 2 is 2.27 bits per heavy atom. The second-order valence-corrected chi connectivity index (χ2v) is 9.89. The Bertz CT molecular complexity index is 1180. The van der Waals surface area contributed by atoms with Gasteiger partial charge in [0.1, 0.15) is 11.1 Å². The minimum Gasteiger partial charge on any atom is -0.477 e. The Labute approximate surface area is 206 Å². The Hall–Kier alpha value is -2.48. The minimum atomic E-state index is -1.46. The normalized spacial score (nSPS) is 22.8. The number of aliphatic carboxylic acids is 1. The molecule has 172 valence electrons. The highest BCUT2D eigenvalue weighted by atomic mass is 79.9. The first kappa shape index (κ1) is 23.7. The maximum absolute atomic E-state index is 13.1. The molecule has 2 aromatic rings. The lowest BCUT2D eigenvalue weighted by Crippen LogP contribution is -2.73. The number of amides is 1. The summed E-state index contributed by atoms with van der Waals surface area (Å²) in [5.41, 5.74) is 0.0847. The Balaban J connectivity index is 1.54. The number of carboxylic acids is 1. The number of nitrogens with zero attached hydrogens (tertiary/aromatic N) is 6. The molecule has 4 rings (SSSR count). The summed E-state index contributed by atoms with van der Waals surface area (Å²) in [4.78, 5) is 30.8. The average molecular weight is 551 g/mol. The lowest BCUT2D eigenvalue weighted by molar-refractivity contribution is -0.182. The number of methoxy groups -OCH3 is 1. The van der Waals surface area contributed by atoms with Gasteiger partial charge in [0.2, 0.25) is 5.16 Å². The summed E-state index contributed by atoms with van der Waals surface area (Å²) in [6.45, 7) is 0. The van der Waals surface area contributed by atoms with E-state index < -0.39 is 23.0 Å². The van der Waals surface area contributed by atoms with Crippen LogP contribution in [0.15, 0.2) is 56.2 Å². The largest absolute Gasteiger partial charge is 0.477 e. The molecule has 0 radical (unpaired) electrons. The molecule has 0 spiro atoms. The second-order valence-electron chi connectivity index (χ2n) is 7.03. The molecule has 1 saturated heterocycles. The molecule has 1 aromatic carbocycles. The summed E-state index contributed by atoms with van der Waals surface area (Å²) in [5, 5.41) is 21.1. The van der Waals surface area contributed by atoms with Crippen LogP contribution in [0.1, 0.15) is 5.56 Å². The molecule has 2 aliphatic heterocycles. The molecule has 10 nitrogen and oxygen atoms in total. The predicted octanol–water partition coefficient (Wildman–Crippen LogP) is 2.45. The van der Waals surface area contributed by atoms with Crippen molar-refractivity contribution in [2.75, 3.05) is 18.6 Å². The van der Waals surface area contributed by atoms with E-state index in [0.29, 0.717) is 22.2 Å². The van der Waals surface area contributed by atoms with Crippen molar-refractivity contribution in [3.63, 3.8) is 0 Å². The number of carboxylic acid groups (broad SMARTS) is 1. The van der Waals surface area contributed by atoms with Crippen LogP contribution < -0.4 is 0 Å². The van der Waals surface area contributed by atoms with Gasteiger partial charge >= 0.3 is 5.97 Å². The zero-order valence-electron chi connectivity index (χ0n) is 17.6. The first-order valence-electron chi connectivity index (χ1n) is 9.66. The number of thioether (sulfide) groups is 2. The number of tetrazole rings is 1. The number of carbonyl (C=O) groups excluding carboxylic acids is 1. The number of rotatable bonds is 8. The number of aromatic nitrogens is 4. The van der Waals surface area contributed by atoms with E-state index in [9.17, 15) is 14.7 Å². The van der Waals surface area contributed by atoms with E-state index in [2.05, 4.69) is 36.4 Å². The quantitative estimate of drug-likeness (QED) is 0.300. The number of benzene rings is 1. The monoisotopic (exact) mass is 550 g/mol. The smallest absolute Gasteiger partial charge is 0.352 e. The Morgan fingerprint density at radius 3 is 2.94 bits per heavy atom. The summed E-state index contributed by atoms with van der Waals surface area (Å²) in [6, 6.07) is 7.70. The standard InChI is InChI=1S/C20H19BrN6O4S2/c1-26-19(23-24-25-26)33-11-13-10-32-18-20(31-2,17(30)27(18)15(13)16(28)29)22-9-5-7-12-6-3-4-8-14(12)21/h3-9,18H,10-11H2,1-2H3,(H,28,29)/t18-,20-/m0/s1. The number of hydrogen-bond donors (Lipinski definition) is 1. The maximum atomic E-state index is 13.1. The van der Waals surface area contributed by atoms with Gasteiger partial charge in [-0.25, -0.2) is 14.5 Å². The number of aryl methyl sites for hydroxylation is 1. The molecule has 1 N–H and O–H groups in total. The van der Waals surface area contributed by atoms with Crippen LogP contribution >= 0.6 is 39.5 Å². The molecule has 0 bridgehead atoms. The van der Waals surface area contributed by atoms with Crippen molar-refractivity contribution in [1.29, 1.82) is 0 Å². The molecule has 33 heavy (non-hydrogen) atoms. The van der Waals surface area contributed by atoms with E-state index in [1.54, 1.807) is 13.1 Å². The summed E-state index contributed by atoms with van der Waals surface area (Å²) in [5.74, 6) is -0.908. The number of allylic oxidation sites excluding steroid dienone is 1. The van der Waals surface area contributed by atoms with Gasteiger partial charge in [-0.2, -0.15) is 0 Å². The van der Waals surface area contributed by atoms with E-state index in [1.807, 2.05) is 30.3 Å². The van der Waals surface area contributed by atoms with Crippen LogP contribution in [0.25, 0.3) is 6.08 Å². The van der Waals surface area contributed by atoms with Crippen LogP contribution in [0.5, 0.6) is 0 Å². The third-order valence-electron chi connectivity index (χ3n) is 5.09. The Morgan fingerprint density at radius 1 is 1.48 bits per heavy atom. The van der Waals surface area contributed by atoms with Crippen molar-refractivity contribution in [2.24, 2.45) is 12.0 Å². The number of aliphatic imine (C=N–C) groups is 1. The number of carbonyl (C=O) groups is 2. The fourth-order valence-corrected chi connectivity index (χ4v) is 6.29. The molecule has 2 aliphatic rings. The lowest BCUT2D eigenvalue weighted by Gasteiger charge is -2.53. The third-order valence-corrected chi connectivity index (χ3v) is 8.27. The van der Waals surface area contributed by atoms with Crippen molar-refractivity contribution < 1.29 is 19.4 Å². The first-order valence-corrected chi connectivity index (χ1v) is 12.5. The van der Waals surface area contributed by atoms with Gasteiger partial charge in [-0.05, 0) is 33.7 Å². The highest BCUT2D eigenvalue weighted by Crippen LogP contribution is 2.49. The molecule has 0 unspecified atom stereocenters. The number of ether oxygens (including phenoxy) is 1. The molecule has 0 aliphatic carbocycles. The molecule has 1 fully saturated rings. The number of halogens is 1. The van der Waals surface area contributed by atoms with Crippen molar-refractivity contribution in [2.45, 2.75) is 16.3 Å². The van der Waals surface area contributed by atoms with Crippen LogP contribution in [0.3, 0.4) is 0 Å². The summed E-state index contributed by atoms with van der Waals surface area (Å²) >= 11 is 6.21. The molecule has 13 heteroatoms. The Kier molecular flexibility index (Phi) is 7.02. The van der Waals surface area contributed by atoms with E-state index in [0.717, 1.165) is 10.0 Å². The summed E-state index contributed by atoms with van der Waals surface area (Å²) < 4.78 is 7.96. The van der Waals surface area contributed by atoms with Gasteiger partial charge < -0.3 is 9.84 Å². The molecule has 2 atom stereocenters. The average Bonchev–Trinajstić information content (AvgIpc) is 3.22. The van der Waals surface area contributed by atoms with E-state index >= 15 is 0 Å². The lowest BCUT2D eigenvalue weighted by atomic mass is 9.99. The fraction of sp³-hybridized carbons (Fsp3) is 0.300.